The molecule has 1 spiro atoms. The van der Waals surface area contributed by atoms with Gasteiger partial charge < -0.3 is 9.64 Å². The van der Waals surface area contributed by atoms with Crippen LogP contribution in [0, 0.1) is 0 Å². The lowest BCUT2D eigenvalue weighted by atomic mass is 9.76. The molecule has 1 aromatic carbocycles. The van der Waals surface area contributed by atoms with Crippen molar-refractivity contribution < 1.29 is 4.74 Å². The Labute approximate surface area is 155 Å². The van der Waals surface area contributed by atoms with Crippen LogP contribution in [0.2, 0.25) is 0 Å². The highest BCUT2D eigenvalue weighted by molar-refractivity contribution is 9.10. The summed E-state index contributed by atoms with van der Waals surface area (Å²) in [6.45, 7) is 1.16. The number of benzene rings is 1. The quantitative estimate of drug-likeness (QED) is 0.632. The molecule has 1 aliphatic carbocycles. The van der Waals surface area contributed by atoms with Crippen LogP contribution in [-0.2, 0) is 0 Å². The van der Waals surface area contributed by atoms with Crippen molar-refractivity contribution in [3.63, 3.8) is 0 Å². The molecule has 2 nitrogen and oxygen atoms in total. The van der Waals surface area contributed by atoms with Gasteiger partial charge >= 0.3 is 0 Å². The van der Waals surface area contributed by atoms with Crippen LogP contribution in [0.25, 0.3) is 0 Å². The van der Waals surface area contributed by atoms with Gasteiger partial charge in [-0.05, 0) is 77.4 Å². The largest absolute Gasteiger partial charge is 0.486 e. The molecule has 0 saturated heterocycles. The number of nitrogens with zero attached hydrogens (tertiary/aromatic N) is 1. The molecule has 0 bridgehead atoms. The number of rotatable bonds is 4. The minimum atomic E-state index is 0. The SMILES string of the molecule is CN(C)CCCC1c2cc(Br)ccc2OC12CCCCCC2.Cl. The highest BCUT2D eigenvalue weighted by atomic mass is 79.9. The molecule has 1 unspecified atom stereocenters. The first-order valence-electron chi connectivity index (χ1n) is 8.74. The van der Waals surface area contributed by atoms with Gasteiger partial charge in [0.15, 0.2) is 0 Å². The standard InChI is InChI=1S/C19H28BrNO.ClH/c1-21(2)13-7-8-17-16-14-15(20)9-10-18(16)22-19(17)11-5-3-4-6-12-19;/h9-10,14,17H,3-8,11-13H2,1-2H3;1H. The fourth-order valence-corrected chi connectivity index (χ4v) is 4.64. The van der Waals surface area contributed by atoms with Crippen molar-refractivity contribution >= 4 is 28.3 Å². The molecule has 3 rings (SSSR count). The molecular weight excluding hydrogens is 374 g/mol. The van der Waals surface area contributed by atoms with Gasteiger partial charge in [0.25, 0.3) is 0 Å². The van der Waals surface area contributed by atoms with E-state index in [4.69, 9.17) is 4.74 Å². The third-order valence-electron chi connectivity index (χ3n) is 5.34. The highest BCUT2D eigenvalue weighted by Crippen LogP contribution is 2.53. The van der Waals surface area contributed by atoms with Gasteiger partial charge in [-0.15, -0.1) is 12.4 Å². The van der Waals surface area contributed by atoms with E-state index < -0.39 is 0 Å². The van der Waals surface area contributed by atoms with Crippen LogP contribution in [0.1, 0.15) is 62.8 Å². The molecule has 130 valence electrons. The third-order valence-corrected chi connectivity index (χ3v) is 5.84. The normalized spacial score (nSPS) is 22.3. The fourth-order valence-electron chi connectivity index (χ4n) is 4.27. The maximum absolute atomic E-state index is 6.61. The summed E-state index contributed by atoms with van der Waals surface area (Å²) in [5.41, 5.74) is 1.52. The van der Waals surface area contributed by atoms with Gasteiger partial charge in [0.05, 0.1) is 0 Å². The predicted octanol–water partition coefficient (Wildman–Crippen LogP) is 5.78. The molecule has 1 aliphatic heterocycles. The molecule has 23 heavy (non-hydrogen) atoms. The molecule has 4 heteroatoms. The van der Waals surface area contributed by atoms with E-state index in [-0.39, 0.29) is 18.0 Å². The molecule has 0 amide bonds. The van der Waals surface area contributed by atoms with Gasteiger partial charge in [-0.3, -0.25) is 0 Å². The number of fused-ring (bicyclic) bond motifs is 1. The Morgan fingerprint density at radius 2 is 1.87 bits per heavy atom. The Morgan fingerprint density at radius 3 is 2.52 bits per heavy atom. The van der Waals surface area contributed by atoms with E-state index in [2.05, 4.69) is 53.1 Å². The summed E-state index contributed by atoms with van der Waals surface area (Å²) in [6, 6.07) is 6.58. The van der Waals surface area contributed by atoms with Crippen molar-refractivity contribution in [3.05, 3.63) is 28.2 Å². The van der Waals surface area contributed by atoms with E-state index >= 15 is 0 Å². The van der Waals surface area contributed by atoms with Crippen molar-refractivity contribution in [2.75, 3.05) is 20.6 Å². The maximum atomic E-state index is 6.61. The second-order valence-corrected chi connectivity index (χ2v) is 8.18. The van der Waals surface area contributed by atoms with Gasteiger partial charge in [0, 0.05) is 16.0 Å². The first-order valence-corrected chi connectivity index (χ1v) is 9.53. The maximum Gasteiger partial charge on any atom is 0.123 e. The smallest absolute Gasteiger partial charge is 0.123 e. The van der Waals surface area contributed by atoms with Gasteiger partial charge in [0.2, 0.25) is 0 Å². The van der Waals surface area contributed by atoms with Gasteiger partial charge in [0.1, 0.15) is 11.4 Å². The second kappa shape index (κ2) is 8.22. The van der Waals surface area contributed by atoms with Crippen molar-refractivity contribution in [1.82, 2.24) is 4.90 Å². The first-order chi connectivity index (χ1) is 10.6. The number of hydrogen-bond donors (Lipinski definition) is 0. The molecule has 1 aromatic rings. The molecular formula is C19H29BrClNO. The van der Waals surface area contributed by atoms with E-state index in [0.717, 1.165) is 12.3 Å². The minimum Gasteiger partial charge on any atom is -0.486 e. The van der Waals surface area contributed by atoms with Crippen LogP contribution >= 0.6 is 28.3 Å². The summed E-state index contributed by atoms with van der Waals surface area (Å²) >= 11 is 3.65. The zero-order chi connectivity index (χ0) is 15.6. The van der Waals surface area contributed by atoms with Crippen molar-refractivity contribution in [2.24, 2.45) is 0 Å². The number of ether oxygens (including phenoxy) is 1. The Morgan fingerprint density at radius 1 is 1.17 bits per heavy atom. The predicted molar refractivity (Wildman–Crippen MR) is 103 cm³/mol. The molecule has 1 fully saturated rings. The zero-order valence-corrected chi connectivity index (χ0v) is 16.7. The Kier molecular flexibility index (Phi) is 6.82. The summed E-state index contributed by atoms with van der Waals surface area (Å²) in [7, 11) is 4.33. The van der Waals surface area contributed by atoms with Gasteiger partial charge in [-0.2, -0.15) is 0 Å². The van der Waals surface area contributed by atoms with Crippen LogP contribution in [0.3, 0.4) is 0 Å². The van der Waals surface area contributed by atoms with Gasteiger partial charge in [-0.25, -0.2) is 0 Å². The zero-order valence-electron chi connectivity index (χ0n) is 14.3. The van der Waals surface area contributed by atoms with Crippen LogP contribution in [0.5, 0.6) is 5.75 Å². The number of hydrogen-bond acceptors (Lipinski definition) is 2. The van der Waals surface area contributed by atoms with Crippen LogP contribution < -0.4 is 4.74 Å². The molecule has 0 radical (unpaired) electrons. The van der Waals surface area contributed by atoms with Crippen LogP contribution in [-0.4, -0.2) is 31.1 Å². The third kappa shape index (κ3) is 4.24. The van der Waals surface area contributed by atoms with E-state index in [1.54, 1.807) is 0 Å². The van der Waals surface area contributed by atoms with Crippen molar-refractivity contribution in [1.29, 1.82) is 0 Å². The summed E-state index contributed by atoms with van der Waals surface area (Å²) in [5, 5.41) is 0. The summed E-state index contributed by atoms with van der Waals surface area (Å²) in [5.74, 6) is 1.71. The first kappa shape index (κ1) is 19.1. The molecule has 2 aliphatic rings. The monoisotopic (exact) mass is 401 g/mol. The second-order valence-electron chi connectivity index (χ2n) is 7.26. The fraction of sp³-hybridized carbons (Fsp3) is 0.684. The van der Waals surface area contributed by atoms with E-state index in [1.165, 1.54) is 61.4 Å². The Hall–Kier alpha value is -0.250. The lowest BCUT2D eigenvalue weighted by Crippen LogP contribution is -2.37. The number of halogens is 2. The van der Waals surface area contributed by atoms with Crippen LogP contribution in [0.4, 0.5) is 0 Å². The van der Waals surface area contributed by atoms with Gasteiger partial charge in [-0.1, -0.05) is 28.8 Å². The average Bonchev–Trinajstić information content (AvgIpc) is 2.62. The molecule has 0 aromatic heterocycles. The summed E-state index contributed by atoms with van der Waals surface area (Å²) in [6.07, 6.45) is 10.3. The molecule has 0 N–H and O–H groups in total. The van der Waals surface area contributed by atoms with Crippen molar-refractivity contribution in [2.45, 2.75) is 62.9 Å². The average molecular weight is 403 g/mol. The minimum absolute atomic E-state index is 0. The van der Waals surface area contributed by atoms with E-state index in [0.29, 0.717) is 5.92 Å². The Balaban J connectivity index is 0.00000192. The van der Waals surface area contributed by atoms with Crippen LogP contribution in [0.15, 0.2) is 22.7 Å². The van der Waals surface area contributed by atoms with Crippen molar-refractivity contribution in [3.8, 4) is 5.75 Å². The molecule has 1 saturated carbocycles. The summed E-state index contributed by atoms with van der Waals surface area (Å²) in [4.78, 5) is 2.29. The topological polar surface area (TPSA) is 12.5 Å². The summed E-state index contributed by atoms with van der Waals surface area (Å²) < 4.78 is 7.78. The lowest BCUT2D eigenvalue weighted by Gasteiger charge is -2.34. The molecule has 1 atom stereocenters. The molecule has 1 heterocycles. The highest BCUT2D eigenvalue weighted by Gasteiger charge is 2.47. The van der Waals surface area contributed by atoms with E-state index in [9.17, 15) is 0 Å². The lowest BCUT2D eigenvalue weighted by molar-refractivity contribution is 0.0473. The van der Waals surface area contributed by atoms with E-state index in [1.807, 2.05) is 0 Å². The Bertz CT molecular complexity index is 512.